The van der Waals surface area contributed by atoms with Gasteiger partial charge in [-0.05, 0) is 18.9 Å². The molecule has 5 nitrogen and oxygen atoms in total. The number of carboxylic acid groups (broad SMARTS) is 1. The van der Waals surface area contributed by atoms with Gasteiger partial charge in [0.15, 0.2) is 0 Å². The predicted molar refractivity (Wildman–Crippen MR) is 76.9 cm³/mol. The van der Waals surface area contributed by atoms with Crippen LogP contribution >= 0.6 is 0 Å². The smallest absolute Gasteiger partial charge is 0.312 e. The number of carbonyl (C=O) groups is 1. The lowest BCUT2D eigenvalue weighted by molar-refractivity contribution is -0.138. The first-order chi connectivity index (χ1) is 9.41. The van der Waals surface area contributed by atoms with Crippen LogP contribution in [0.2, 0.25) is 0 Å². The standard InChI is InChI=1S/C15H18N2O3/c1-9(2)8-17-14(18)12-7-5-4-6-11(12)13(16-17)10(3)15(19)20/h4-7,9-10H,8H2,1-3H3,(H,19,20)/t10-/m1/s1. The van der Waals surface area contributed by atoms with Gasteiger partial charge in [-0.1, -0.05) is 32.0 Å². The van der Waals surface area contributed by atoms with Crippen molar-refractivity contribution in [2.24, 2.45) is 5.92 Å². The van der Waals surface area contributed by atoms with E-state index < -0.39 is 11.9 Å². The molecule has 0 aliphatic rings. The highest BCUT2D eigenvalue weighted by Crippen LogP contribution is 2.21. The van der Waals surface area contributed by atoms with E-state index >= 15 is 0 Å². The van der Waals surface area contributed by atoms with Crippen molar-refractivity contribution in [2.45, 2.75) is 33.2 Å². The minimum atomic E-state index is -0.947. The molecule has 0 aliphatic heterocycles. The van der Waals surface area contributed by atoms with Crippen molar-refractivity contribution in [1.29, 1.82) is 0 Å². The number of nitrogens with zero attached hydrogens (tertiary/aromatic N) is 2. The van der Waals surface area contributed by atoms with Crippen molar-refractivity contribution < 1.29 is 9.90 Å². The lowest BCUT2D eigenvalue weighted by Crippen LogP contribution is -2.28. The Morgan fingerprint density at radius 3 is 2.40 bits per heavy atom. The number of benzene rings is 1. The summed E-state index contributed by atoms with van der Waals surface area (Å²) >= 11 is 0. The predicted octanol–water partition coefficient (Wildman–Crippen LogP) is 2.24. The van der Waals surface area contributed by atoms with E-state index in [1.165, 1.54) is 4.68 Å². The fraction of sp³-hybridized carbons (Fsp3) is 0.400. The van der Waals surface area contributed by atoms with E-state index in [1.54, 1.807) is 31.2 Å². The summed E-state index contributed by atoms with van der Waals surface area (Å²) in [4.78, 5) is 23.6. The third-order valence-corrected chi connectivity index (χ3v) is 3.21. The van der Waals surface area contributed by atoms with Crippen LogP contribution in [0.15, 0.2) is 29.1 Å². The van der Waals surface area contributed by atoms with Crippen molar-refractivity contribution in [2.75, 3.05) is 0 Å². The molecule has 0 spiro atoms. The summed E-state index contributed by atoms with van der Waals surface area (Å²) in [6.07, 6.45) is 0. The SMILES string of the molecule is CC(C)Cn1nc([C@@H](C)C(=O)O)c2ccccc2c1=O. The summed E-state index contributed by atoms with van der Waals surface area (Å²) in [6.45, 7) is 6.04. The molecule has 1 heterocycles. The number of rotatable bonds is 4. The van der Waals surface area contributed by atoms with E-state index in [1.807, 2.05) is 13.8 Å². The first-order valence-electron chi connectivity index (χ1n) is 6.64. The van der Waals surface area contributed by atoms with Gasteiger partial charge in [0.25, 0.3) is 5.56 Å². The molecule has 0 bridgehead atoms. The molecule has 2 rings (SSSR count). The molecule has 1 N–H and O–H groups in total. The average molecular weight is 274 g/mol. The third-order valence-electron chi connectivity index (χ3n) is 3.21. The van der Waals surface area contributed by atoms with Gasteiger partial charge in [-0.3, -0.25) is 9.59 Å². The van der Waals surface area contributed by atoms with Gasteiger partial charge in [0, 0.05) is 11.9 Å². The van der Waals surface area contributed by atoms with E-state index in [2.05, 4.69) is 5.10 Å². The maximum absolute atomic E-state index is 12.4. The highest BCUT2D eigenvalue weighted by Gasteiger charge is 2.21. The summed E-state index contributed by atoms with van der Waals surface area (Å²) in [5.41, 5.74) is 0.268. The summed E-state index contributed by atoms with van der Waals surface area (Å²) < 4.78 is 1.38. The Morgan fingerprint density at radius 2 is 1.85 bits per heavy atom. The second-order valence-electron chi connectivity index (χ2n) is 5.37. The Labute approximate surface area is 116 Å². The van der Waals surface area contributed by atoms with E-state index in [-0.39, 0.29) is 11.5 Å². The quantitative estimate of drug-likeness (QED) is 0.928. The maximum Gasteiger partial charge on any atom is 0.312 e. The molecule has 0 fully saturated rings. The highest BCUT2D eigenvalue weighted by molar-refractivity contribution is 5.88. The molecule has 0 radical (unpaired) electrons. The zero-order valence-electron chi connectivity index (χ0n) is 11.8. The number of aromatic nitrogens is 2. The van der Waals surface area contributed by atoms with Gasteiger partial charge in [-0.25, -0.2) is 4.68 Å². The van der Waals surface area contributed by atoms with Crippen LogP contribution in [0.1, 0.15) is 32.4 Å². The molecule has 1 atom stereocenters. The van der Waals surface area contributed by atoms with E-state index in [0.29, 0.717) is 23.0 Å². The summed E-state index contributed by atoms with van der Waals surface area (Å²) in [7, 11) is 0. The van der Waals surface area contributed by atoms with Crippen LogP contribution in [0, 0.1) is 5.92 Å². The lowest BCUT2D eigenvalue weighted by atomic mass is 10.0. The Morgan fingerprint density at radius 1 is 1.25 bits per heavy atom. The zero-order chi connectivity index (χ0) is 14.9. The molecule has 0 aliphatic carbocycles. The molecule has 0 unspecified atom stereocenters. The van der Waals surface area contributed by atoms with Gasteiger partial charge in [-0.2, -0.15) is 5.10 Å². The number of fused-ring (bicyclic) bond motifs is 1. The van der Waals surface area contributed by atoms with Crippen LogP contribution in [0.3, 0.4) is 0 Å². The van der Waals surface area contributed by atoms with E-state index in [9.17, 15) is 14.7 Å². The molecule has 0 amide bonds. The summed E-state index contributed by atoms with van der Waals surface area (Å²) in [5, 5.41) is 14.6. The van der Waals surface area contributed by atoms with Crippen LogP contribution in [0.4, 0.5) is 0 Å². The van der Waals surface area contributed by atoms with Crippen LogP contribution in [0.5, 0.6) is 0 Å². The molecular formula is C15H18N2O3. The molecule has 0 saturated heterocycles. The van der Waals surface area contributed by atoms with E-state index in [4.69, 9.17) is 0 Å². The zero-order valence-corrected chi connectivity index (χ0v) is 11.8. The van der Waals surface area contributed by atoms with Crippen molar-refractivity contribution in [3.8, 4) is 0 Å². The monoisotopic (exact) mass is 274 g/mol. The normalized spacial score (nSPS) is 12.8. The van der Waals surface area contributed by atoms with Gasteiger partial charge in [0.05, 0.1) is 17.0 Å². The van der Waals surface area contributed by atoms with Gasteiger partial charge in [0.2, 0.25) is 0 Å². The Balaban J connectivity index is 2.75. The van der Waals surface area contributed by atoms with Crippen LogP contribution < -0.4 is 5.56 Å². The molecule has 106 valence electrons. The van der Waals surface area contributed by atoms with Crippen LogP contribution in [0.25, 0.3) is 10.8 Å². The molecule has 1 aromatic carbocycles. The topological polar surface area (TPSA) is 72.2 Å². The van der Waals surface area contributed by atoms with Crippen molar-refractivity contribution in [3.63, 3.8) is 0 Å². The fourth-order valence-corrected chi connectivity index (χ4v) is 2.17. The first-order valence-corrected chi connectivity index (χ1v) is 6.64. The van der Waals surface area contributed by atoms with Gasteiger partial charge >= 0.3 is 5.97 Å². The molecule has 20 heavy (non-hydrogen) atoms. The average Bonchev–Trinajstić information content (AvgIpc) is 2.40. The Kier molecular flexibility index (Phi) is 3.88. The molecular weight excluding hydrogens is 256 g/mol. The summed E-state index contributed by atoms with van der Waals surface area (Å²) in [5.74, 6) is -1.44. The summed E-state index contributed by atoms with van der Waals surface area (Å²) in [6, 6.07) is 7.03. The second-order valence-corrected chi connectivity index (χ2v) is 5.37. The molecule has 0 saturated carbocycles. The Hall–Kier alpha value is -2.17. The third kappa shape index (κ3) is 2.57. The number of carboxylic acids is 1. The van der Waals surface area contributed by atoms with Gasteiger partial charge in [0.1, 0.15) is 0 Å². The fourth-order valence-electron chi connectivity index (χ4n) is 2.17. The number of hydrogen-bond acceptors (Lipinski definition) is 3. The van der Waals surface area contributed by atoms with Crippen LogP contribution in [-0.2, 0) is 11.3 Å². The minimum Gasteiger partial charge on any atom is -0.481 e. The van der Waals surface area contributed by atoms with Crippen molar-refractivity contribution in [1.82, 2.24) is 9.78 Å². The lowest BCUT2D eigenvalue weighted by Gasteiger charge is -2.14. The number of hydrogen-bond donors (Lipinski definition) is 1. The molecule has 5 heteroatoms. The van der Waals surface area contributed by atoms with Crippen molar-refractivity contribution in [3.05, 3.63) is 40.3 Å². The minimum absolute atomic E-state index is 0.171. The van der Waals surface area contributed by atoms with Gasteiger partial charge in [-0.15, -0.1) is 0 Å². The van der Waals surface area contributed by atoms with E-state index in [0.717, 1.165) is 0 Å². The highest BCUT2D eigenvalue weighted by atomic mass is 16.4. The largest absolute Gasteiger partial charge is 0.481 e. The second kappa shape index (κ2) is 5.45. The maximum atomic E-state index is 12.4. The first kappa shape index (κ1) is 14.2. The molecule has 2 aromatic rings. The van der Waals surface area contributed by atoms with Gasteiger partial charge < -0.3 is 5.11 Å². The van der Waals surface area contributed by atoms with Crippen molar-refractivity contribution >= 4 is 16.7 Å². The number of aliphatic carboxylic acids is 1. The van der Waals surface area contributed by atoms with Crippen LogP contribution in [-0.4, -0.2) is 20.9 Å². The Bertz CT molecular complexity index is 704. The molecule has 1 aromatic heterocycles.